The van der Waals surface area contributed by atoms with E-state index in [4.69, 9.17) is 5.26 Å². The van der Waals surface area contributed by atoms with E-state index in [1.165, 1.54) is 0 Å². The van der Waals surface area contributed by atoms with Crippen LogP contribution in [0.2, 0.25) is 0 Å². The Morgan fingerprint density at radius 3 is 2.87 bits per heavy atom. The van der Waals surface area contributed by atoms with Gasteiger partial charge in [0.1, 0.15) is 11.9 Å². The maximum absolute atomic E-state index is 9.09. The molecule has 0 spiro atoms. The van der Waals surface area contributed by atoms with Crippen molar-refractivity contribution in [1.29, 1.82) is 5.26 Å². The highest BCUT2D eigenvalue weighted by molar-refractivity contribution is 5.57. The van der Waals surface area contributed by atoms with E-state index in [2.05, 4.69) is 21.3 Å². The zero-order valence-electron chi connectivity index (χ0n) is 8.99. The van der Waals surface area contributed by atoms with Gasteiger partial charge in [0.25, 0.3) is 0 Å². The number of likely N-dealkylation sites (N-methyl/N-ethyl adjacent to an activating group) is 1. The number of aromatic nitrogens is 1. The molecule has 1 aliphatic heterocycles. The molecule has 0 amide bonds. The third-order valence-electron chi connectivity index (χ3n) is 2.89. The van der Waals surface area contributed by atoms with Crippen molar-refractivity contribution >= 4 is 5.82 Å². The summed E-state index contributed by atoms with van der Waals surface area (Å²) < 4.78 is 0. The molecule has 1 N–H and O–H groups in total. The summed E-state index contributed by atoms with van der Waals surface area (Å²) in [5.74, 6) is 0.795. The Morgan fingerprint density at radius 2 is 2.33 bits per heavy atom. The smallest absolute Gasteiger partial charge is 0.146 e. The van der Waals surface area contributed by atoms with E-state index in [1.54, 1.807) is 6.20 Å². The van der Waals surface area contributed by atoms with E-state index in [1.807, 2.05) is 20.0 Å². The Kier molecular flexibility index (Phi) is 2.57. The first-order chi connectivity index (χ1) is 7.24. The molecule has 2 heterocycles. The lowest BCUT2D eigenvalue weighted by atomic mass is 10.1. The van der Waals surface area contributed by atoms with Crippen LogP contribution in [0.15, 0.2) is 12.3 Å². The molecule has 0 saturated carbocycles. The molecule has 0 unspecified atom stereocenters. The van der Waals surface area contributed by atoms with Crippen molar-refractivity contribution in [3.63, 3.8) is 0 Å². The molecule has 0 aromatic carbocycles. The number of hydrogen-bond acceptors (Lipinski definition) is 4. The number of pyridine rings is 1. The second-order valence-corrected chi connectivity index (χ2v) is 3.86. The van der Waals surface area contributed by atoms with Gasteiger partial charge in [-0.1, -0.05) is 0 Å². The maximum atomic E-state index is 9.09. The molecule has 4 nitrogen and oxygen atoms in total. The summed E-state index contributed by atoms with van der Waals surface area (Å²) in [6.45, 7) is 3.88. The maximum Gasteiger partial charge on any atom is 0.146 e. The number of nitrogens with zero attached hydrogens (tertiary/aromatic N) is 3. The van der Waals surface area contributed by atoms with Crippen LogP contribution < -0.4 is 10.2 Å². The van der Waals surface area contributed by atoms with Crippen LogP contribution in [0, 0.1) is 18.3 Å². The molecule has 2 rings (SSSR count). The fourth-order valence-corrected chi connectivity index (χ4v) is 1.67. The first kappa shape index (κ1) is 9.94. The zero-order chi connectivity index (χ0) is 10.8. The summed E-state index contributed by atoms with van der Waals surface area (Å²) in [7, 11) is 1.99. The van der Waals surface area contributed by atoms with E-state index in [0.717, 1.165) is 24.5 Å². The van der Waals surface area contributed by atoms with Crippen LogP contribution in [0.4, 0.5) is 5.82 Å². The van der Waals surface area contributed by atoms with Gasteiger partial charge in [-0.05, 0) is 18.6 Å². The molecule has 0 radical (unpaired) electrons. The summed E-state index contributed by atoms with van der Waals surface area (Å²) in [5, 5.41) is 12.3. The predicted molar refractivity (Wildman–Crippen MR) is 58.7 cm³/mol. The number of aryl methyl sites for hydroxylation is 1. The van der Waals surface area contributed by atoms with Crippen LogP contribution in [-0.4, -0.2) is 31.2 Å². The molecule has 0 atom stereocenters. The Balaban J connectivity index is 2.34. The summed E-state index contributed by atoms with van der Waals surface area (Å²) in [6, 6.07) is 4.56. The Labute approximate surface area is 89.5 Å². The minimum absolute atomic E-state index is 0.464. The fraction of sp³-hybridized carbons (Fsp3) is 0.455. The van der Waals surface area contributed by atoms with Gasteiger partial charge in [0.05, 0.1) is 11.6 Å². The van der Waals surface area contributed by atoms with E-state index in [-0.39, 0.29) is 0 Å². The van der Waals surface area contributed by atoms with Gasteiger partial charge in [0.2, 0.25) is 0 Å². The molecule has 1 fully saturated rings. The molecule has 1 aromatic rings. The lowest BCUT2D eigenvalue weighted by Gasteiger charge is -2.36. The highest BCUT2D eigenvalue weighted by Crippen LogP contribution is 2.21. The van der Waals surface area contributed by atoms with Crippen LogP contribution in [0.5, 0.6) is 0 Å². The van der Waals surface area contributed by atoms with Crippen molar-refractivity contribution in [2.75, 3.05) is 25.0 Å². The lowest BCUT2D eigenvalue weighted by Crippen LogP contribution is -2.56. The second kappa shape index (κ2) is 3.87. The third-order valence-corrected chi connectivity index (χ3v) is 2.89. The lowest BCUT2D eigenvalue weighted by molar-refractivity contribution is 0.426. The monoisotopic (exact) mass is 202 g/mol. The third kappa shape index (κ3) is 1.66. The number of nitriles is 1. The van der Waals surface area contributed by atoms with Crippen LogP contribution >= 0.6 is 0 Å². The minimum atomic E-state index is 0.464. The van der Waals surface area contributed by atoms with Gasteiger partial charge in [0.15, 0.2) is 0 Å². The van der Waals surface area contributed by atoms with Gasteiger partial charge in [-0.3, -0.25) is 0 Å². The zero-order valence-corrected chi connectivity index (χ0v) is 8.99. The molecule has 4 heteroatoms. The topological polar surface area (TPSA) is 52.0 Å². The standard InChI is InChI=1S/C11H14N4/c1-8-3-4-14-11(10(8)5-12)15(2)9-6-13-7-9/h3-4,9,13H,6-7H2,1-2H3. The summed E-state index contributed by atoms with van der Waals surface area (Å²) in [4.78, 5) is 6.37. The molecule has 15 heavy (non-hydrogen) atoms. The SMILES string of the molecule is Cc1ccnc(N(C)C2CNC2)c1C#N. The second-order valence-electron chi connectivity index (χ2n) is 3.86. The molecule has 0 bridgehead atoms. The van der Waals surface area contributed by atoms with Crippen LogP contribution in [-0.2, 0) is 0 Å². The highest BCUT2D eigenvalue weighted by atomic mass is 15.3. The van der Waals surface area contributed by atoms with Gasteiger partial charge in [-0.15, -0.1) is 0 Å². The van der Waals surface area contributed by atoms with E-state index in [0.29, 0.717) is 11.6 Å². The Morgan fingerprint density at radius 1 is 1.60 bits per heavy atom. The van der Waals surface area contributed by atoms with Crippen molar-refractivity contribution in [1.82, 2.24) is 10.3 Å². The average molecular weight is 202 g/mol. The quantitative estimate of drug-likeness (QED) is 0.765. The van der Waals surface area contributed by atoms with Crippen molar-refractivity contribution in [2.45, 2.75) is 13.0 Å². The van der Waals surface area contributed by atoms with Gasteiger partial charge < -0.3 is 10.2 Å². The fourth-order valence-electron chi connectivity index (χ4n) is 1.67. The van der Waals surface area contributed by atoms with Gasteiger partial charge >= 0.3 is 0 Å². The molecule has 1 saturated heterocycles. The van der Waals surface area contributed by atoms with Crippen LogP contribution in [0.1, 0.15) is 11.1 Å². The summed E-state index contributed by atoms with van der Waals surface area (Å²) in [6.07, 6.45) is 1.76. The number of hydrogen-bond donors (Lipinski definition) is 1. The highest BCUT2D eigenvalue weighted by Gasteiger charge is 2.24. The Bertz CT molecular complexity index is 404. The molecular weight excluding hydrogens is 188 g/mol. The number of rotatable bonds is 2. The average Bonchev–Trinajstić information content (AvgIpc) is 2.14. The normalized spacial score (nSPS) is 15.5. The first-order valence-corrected chi connectivity index (χ1v) is 5.03. The molecule has 0 aliphatic carbocycles. The van der Waals surface area contributed by atoms with E-state index >= 15 is 0 Å². The number of nitrogens with one attached hydrogen (secondary N) is 1. The molecule has 1 aromatic heterocycles. The number of anilines is 1. The summed E-state index contributed by atoms with van der Waals surface area (Å²) in [5.41, 5.74) is 1.67. The van der Waals surface area contributed by atoms with Gasteiger partial charge in [0, 0.05) is 26.3 Å². The van der Waals surface area contributed by atoms with Crippen molar-refractivity contribution < 1.29 is 0 Å². The molecule has 1 aliphatic rings. The van der Waals surface area contributed by atoms with Crippen LogP contribution in [0.3, 0.4) is 0 Å². The van der Waals surface area contributed by atoms with Crippen LogP contribution in [0.25, 0.3) is 0 Å². The largest absolute Gasteiger partial charge is 0.353 e. The van der Waals surface area contributed by atoms with Gasteiger partial charge in [-0.2, -0.15) is 5.26 Å². The molecule has 78 valence electrons. The van der Waals surface area contributed by atoms with Crippen molar-refractivity contribution in [3.8, 4) is 6.07 Å². The Hall–Kier alpha value is -1.60. The first-order valence-electron chi connectivity index (χ1n) is 5.03. The van der Waals surface area contributed by atoms with E-state index in [9.17, 15) is 0 Å². The molecular formula is C11H14N4. The van der Waals surface area contributed by atoms with Gasteiger partial charge in [-0.25, -0.2) is 4.98 Å². The predicted octanol–water partition coefficient (Wildman–Crippen LogP) is 0.670. The van der Waals surface area contributed by atoms with E-state index < -0.39 is 0 Å². The minimum Gasteiger partial charge on any atom is -0.353 e. The summed E-state index contributed by atoms with van der Waals surface area (Å²) >= 11 is 0. The van der Waals surface area contributed by atoms with Crippen molar-refractivity contribution in [3.05, 3.63) is 23.4 Å². The van der Waals surface area contributed by atoms with Crippen molar-refractivity contribution in [2.24, 2.45) is 0 Å².